The summed E-state index contributed by atoms with van der Waals surface area (Å²) in [6.07, 6.45) is 0.653. The number of nitrogens with one attached hydrogen (secondary N) is 2. The van der Waals surface area contributed by atoms with Crippen molar-refractivity contribution >= 4 is 61.3 Å². The van der Waals surface area contributed by atoms with Crippen LogP contribution in [0.3, 0.4) is 0 Å². The number of carbonyl (C=O) groups excluding carboxylic acids is 1. The zero-order valence-corrected chi connectivity index (χ0v) is 18.6. The van der Waals surface area contributed by atoms with E-state index in [1.807, 2.05) is 38.1 Å². The zero-order valence-electron chi connectivity index (χ0n) is 15.3. The van der Waals surface area contributed by atoms with E-state index >= 15 is 0 Å². The van der Waals surface area contributed by atoms with Gasteiger partial charge in [-0.3, -0.25) is 0 Å². The summed E-state index contributed by atoms with van der Waals surface area (Å²) in [4.78, 5) is 13.7. The SMILES string of the molecule is CCOC(=O)c1c(NC(=S)Nc2cccc(Br)c2)sc2c1CC(C)(C)OC2. The van der Waals surface area contributed by atoms with Crippen molar-refractivity contribution in [2.75, 3.05) is 17.2 Å². The molecule has 0 aliphatic carbocycles. The van der Waals surface area contributed by atoms with E-state index in [4.69, 9.17) is 21.7 Å². The molecule has 1 aromatic heterocycles. The minimum atomic E-state index is -0.333. The quantitative estimate of drug-likeness (QED) is 0.465. The average Bonchev–Trinajstić information content (AvgIpc) is 2.90. The van der Waals surface area contributed by atoms with Gasteiger partial charge in [-0.1, -0.05) is 22.0 Å². The van der Waals surface area contributed by atoms with E-state index in [2.05, 4.69) is 26.6 Å². The van der Waals surface area contributed by atoms with Gasteiger partial charge < -0.3 is 20.1 Å². The monoisotopic (exact) mass is 468 g/mol. The number of rotatable bonds is 4. The summed E-state index contributed by atoms with van der Waals surface area (Å²) in [5.41, 5.74) is 2.08. The molecule has 3 rings (SSSR count). The van der Waals surface area contributed by atoms with Crippen LogP contribution in [-0.2, 0) is 22.5 Å². The van der Waals surface area contributed by atoms with Crippen molar-refractivity contribution in [1.82, 2.24) is 0 Å². The Hall–Kier alpha value is -1.48. The predicted octanol–water partition coefficient (Wildman–Crippen LogP) is 5.35. The largest absolute Gasteiger partial charge is 0.462 e. The van der Waals surface area contributed by atoms with Crippen LogP contribution in [0.5, 0.6) is 0 Å². The Morgan fingerprint density at radius 3 is 2.89 bits per heavy atom. The summed E-state index contributed by atoms with van der Waals surface area (Å²) in [7, 11) is 0. The first-order chi connectivity index (χ1) is 12.8. The van der Waals surface area contributed by atoms with Gasteiger partial charge in [0.25, 0.3) is 0 Å². The second kappa shape index (κ2) is 8.26. The molecule has 0 atom stereocenters. The second-order valence-corrected chi connectivity index (χ2v) is 9.17. The molecule has 0 unspecified atom stereocenters. The van der Waals surface area contributed by atoms with Crippen LogP contribution in [0.25, 0.3) is 0 Å². The predicted molar refractivity (Wildman–Crippen MR) is 117 cm³/mol. The standard InChI is InChI=1S/C19H21BrN2O3S2/c1-4-24-17(23)15-13-9-19(2,3)25-10-14(13)27-16(15)22-18(26)21-12-7-5-6-11(20)8-12/h5-8H,4,9-10H2,1-3H3,(H2,21,22,26). The summed E-state index contributed by atoms with van der Waals surface area (Å²) in [6.45, 7) is 6.65. The first kappa shape index (κ1) is 20.3. The molecule has 2 N–H and O–H groups in total. The zero-order chi connectivity index (χ0) is 19.6. The average molecular weight is 469 g/mol. The number of carbonyl (C=O) groups is 1. The molecule has 1 aromatic carbocycles. The molecule has 2 aromatic rings. The Bertz CT molecular complexity index is 880. The molecule has 0 radical (unpaired) electrons. The van der Waals surface area contributed by atoms with E-state index in [-0.39, 0.29) is 11.6 Å². The molecule has 8 heteroatoms. The van der Waals surface area contributed by atoms with E-state index in [0.717, 1.165) is 20.6 Å². The number of anilines is 2. The Morgan fingerprint density at radius 2 is 2.19 bits per heavy atom. The van der Waals surface area contributed by atoms with Crippen molar-refractivity contribution in [3.63, 3.8) is 0 Å². The van der Waals surface area contributed by atoms with Crippen LogP contribution >= 0.6 is 39.5 Å². The van der Waals surface area contributed by atoms with Gasteiger partial charge in [0.05, 0.1) is 24.4 Å². The molecule has 0 saturated carbocycles. The fraction of sp³-hybridized carbons (Fsp3) is 0.368. The summed E-state index contributed by atoms with van der Waals surface area (Å²) in [5, 5.41) is 7.41. The third-order valence-corrected chi connectivity index (χ3v) is 5.89. The lowest BCUT2D eigenvalue weighted by Gasteiger charge is -2.30. The van der Waals surface area contributed by atoms with Gasteiger partial charge in [-0.25, -0.2) is 4.79 Å². The molecular formula is C19H21BrN2O3S2. The third-order valence-electron chi connectivity index (χ3n) is 4.08. The fourth-order valence-corrected chi connectivity index (χ4v) is 4.70. The van der Waals surface area contributed by atoms with Crippen LogP contribution in [0.1, 0.15) is 41.6 Å². The van der Waals surface area contributed by atoms with E-state index in [1.54, 1.807) is 6.92 Å². The van der Waals surface area contributed by atoms with E-state index in [0.29, 0.717) is 35.3 Å². The Balaban J connectivity index is 1.87. The van der Waals surface area contributed by atoms with Crippen molar-refractivity contribution in [1.29, 1.82) is 0 Å². The molecule has 2 heterocycles. The number of esters is 1. The maximum atomic E-state index is 12.6. The number of thiocarbonyl (C=S) groups is 1. The van der Waals surface area contributed by atoms with Gasteiger partial charge >= 0.3 is 5.97 Å². The number of benzene rings is 1. The molecular weight excluding hydrogens is 448 g/mol. The highest BCUT2D eigenvalue weighted by molar-refractivity contribution is 9.10. The number of halogens is 1. The summed E-state index contributed by atoms with van der Waals surface area (Å²) in [6, 6.07) is 7.70. The molecule has 1 aliphatic heterocycles. The van der Waals surface area contributed by atoms with Gasteiger partial charge in [0.2, 0.25) is 0 Å². The maximum absolute atomic E-state index is 12.6. The maximum Gasteiger partial charge on any atom is 0.341 e. The highest BCUT2D eigenvalue weighted by Crippen LogP contribution is 2.40. The third kappa shape index (κ3) is 4.87. The van der Waals surface area contributed by atoms with Crippen LogP contribution in [0, 0.1) is 0 Å². The van der Waals surface area contributed by atoms with Gasteiger partial charge in [-0.05, 0) is 56.8 Å². The van der Waals surface area contributed by atoms with Crippen molar-refractivity contribution < 1.29 is 14.3 Å². The van der Waals surface area contributed by atoms with Crippen LogP contribution in [-0.4, -0.2) is 23.3 Å². The molecule has 1 aliphatic rings. The molecule has 0 amide bonds. The van der Waals surface area contributed by atoms with Gasteiger partial charge in [-0.2, -0.15) is 0 Å². The first-order valence-electron chi connectivity index (χ1n) is 8.58. The lowest BCUT2D eigenvalue weighted by atomic mass is 9.93. The molecule has 144 valence electrons. The van der Waals surface area contributed by atoms with Crippen molar-refractivity contribution in [2.24, 2.45) is 0 Å². The normalized spacial score (nSPS) is 15.0. The number of hydrogen-bond donors (Lipinski definition) is 2. The van der Waals surface area contributed by atoms with Gasteiger partial charge in [0, 0.05) is 21.5 Å². The molecule has 0 bridgehead atoms. The number of hydrogen-bond acceptors (Lipinski definition) is 5. The molecule has 27 heavy (non-hydrogen) atoms. The highest BCUT2D eigenvalue weighted by Gasteiger charge is 2.34. The Kier molecular flexibility index (Phi) is 6.20. The first-order valence-corrected chi connectivity index (χ1v) is 10.6. The van der Waals surface area contributed by atoms with E-state index < -0.39 is 0 Å². The lowest BCUT2D eigenvalue weighted by Crippen LogP contribution is -2.32. The number of ether oxygens (including phenoxy) is 2. The Labute approximate surface area is 176 Å². The summed E-state index contributed by atoms with van der Waals surface area (Å²) < 4.78 is 12.1. The van der Waals surface area contributed by atoms with Gasteiger partial charge in [0.15, 0.2) is 5.11 Å². The van der Waals surface area contributed by atoms with Crippen molar-refractivity contribution in [3.8, 4) is 0 Å². The molecule has 0 spiro atoms. The van der Waals surface area contributed by atoms with Crippen LogP contribution in [0.15, 0.2) is 28.7 Å². The fourth-order valence-electron chi connectivity index (χ4n) is 2.89. The lowest BCUT2D eigenvalue weighted by molar-refractivity contribution is -0.0384. The molecule has 5 nitrogen and oxygen atoms in total. The van der Waals surface area contributed by atoms with E-state index in [1.165, 1.54) is 11.3 Å². The van der Waals surface area contributed by atoms with Crippen molar-refractivity contribution in [2.45, 2.75) is 39.4 Å². The Morgan fingerprint density at radius 1 is 1.41 bits per heavy atom. The van der Waals surface area contributed by atoms with Crippen LogP contribution < -0.4 is 10.6 Å². The summed E-state index contributed by atoms with van der Waals surface area (Å²) in [5.74, 6) is -0.333. The minimum absolute atomic E-state index is 0.318. The molecule has 0 saturated heterocycles. The number of thiophene rings is 1. The van der Waals surface area contributed by atoms with Gasteiger partial charge in [0.1, 0.15) is 5.00 Å². The molecule has 0 fully saturated rings. The number of fused-ring (bicyclic) bond motifs is 1. The second-order valence-electron chi connectivity index (χ2n) is 6.74. The smallest absolute Gasteiger partial charge is 0.341 e. The minimum Gasteiger partial charge on any atom is -0.462 e. The van der Waals surface area contributed by atoms with Crippen molar-refractivity contribution in [3.05, 3.63) is 44.7 Å². The highest BCUT2D eigenvalue weighted by atomic mass is 79.9. The topological polar surface area (TPSA) is 59.6 Å². The van der Waals surface area contributed by atoms with Gasteiger partial charge in [-0.15, -0.1) is 11.3 Å². The van der Waals surface area contributed by atoms with Crippen LogP contribution in [0.4, 0.5) is 10.7 Å². The summed E-state index contributed by atoms with van der Waals surface area (Å²) >= 11 is 10.4. The van der Waals surface area contributed by atoms with E-state index in [9.17, 15) is 4.79 Å². The van der Waals surface area contributed by atoms with Crippen LogP contribution in [0.2, 0.25) is 0 Å².